The molecule has 2 N–H and O–H groups in total. The maximum absolute atomic E-state index is 5.84. The molecule has 1 fully saturated rings. The molecule has 158 valence electrons. The van der Waals surface area contributed by atoms with E-state index in [1.807, 2.05) is 16.8 Å². The first-order chi connectivity index (χ1) is 14.3. The van der Waals surface area contributed by atoms with E-state index in [1.165, 1.54) is 6.42 Å². The predicted molar refractivity (Wildman–Crippen MR) is 111 cm³/mol. The van der Waals surface area contributed by atoms with Crippen LogP contribution in [0.3, 0.4) is 0 Å². The van der Waals surface area contributed by atoms with Crippen LogP contribution < -0.4 is 10.6 Å². The molecule has 2 aliphatic heterocycles. The van der Waals surface area contributed by atoms with Crippen molar-refractivity contribution >= 4 is 5.96 Å². The molecular weight excluding hydrogens is 368 g/mol. The van der Waals surface area contributed by atoms with Gasteiger partial charge in [-0.25, -0.2) is 9.67 Å². The normalized spacial score (nSPS) is 22.3. The van der Waals surface area contributed by atoms with Gasteiger partial charge in [0.15, 0.2) is 11.8 Å². The highest BCUT2D eigenvalue weighted by Gasteiger charge is 2.22. The van der Waals surface area contributed by atoms with Crippen molar-refractivity contribution < 1.29 is 9.15 Å². The summed E-state index contributed by atoms with van der Waals surface area (Å²) in [5, 5.41) is 11.7. The molecular formula is C21H32N6O2. The van der Waals surface area contributed by atoms with E-state index < -0.39 is 0 Å². The van der Waals surface area contributed by atoms with Gasteiger partial charge in [0.1, 0.15) is 11.6 Å². The fourth-order valence-electron chi connectivity index (χ4n) is 3.88. The van der Waals surface area contributed by atoms with Crippen molar-refractivity contribution in [2.24, 2.45) is 4.99 Å². The van der Waals surface area contributed by atoms with Crippen molar-refractivity contribution in [3.8, 4) is 0 Å². The van der Waals surface area contributed by atoms with Crippen LogP contribution in [-0.4, -0.2) is 52.6 Å². The molecule has 0 saturated carbocycles. The number of aryl methyl sites for hydroxylation is 2. The van der Waals surface area contributed by atoms with Gasteiger partial charge in [-0.2, -0.15) is 5.10 Å². The van der Waals surface area contributed by atoms with Crippen molar-refractivity contribution in [2.45, 2.75) is 70.6 Å². The number of guanidine groups is 1. The van der Waals surface area contributed by atoms with E-state index in [1.54, 1.807) is 6.26 Å². The summed E-state index contributed by atoms with van der Waals surface area (Å²) in [4.78, 5) is 9.44. The lowest BCUT2D eigenvalue weighted by molar-refractivity contribution is 0.0224. The molecule has 4 rings (SSSR count). The van der Waals surface area contributed by atoms with Crippen LogP contribution in [-0.2, 0) is 30.5 Å². The van der Waals surface area contributed by atoms with Crippen molar-refractivity contribution in [3.63, 3.8) is 0 Å². The molecule has 2 aromatic heterocycles. The van der Waals surface area contributed by atoms with Crippen LogP contribution in [0.1, 0.15) is 50.0 Å². The van der Waals surface area contributed by atoms with Crippen molar-refractivity contribution in [1.29, 1.82) is 0 Å². The summed E-state index contributed by atoms with van der Waals surface area (Å²) in [5.41, 5.74) is 0. The second kappa shape index (κ2) is 9.91. The molecule has 0 amide bonds. The Hall–Kier alpha value is -2.35. The molecule has 29 heavy (non-hydrogen) atoms. The fraction of sp³-hybridized carbons (Fsp3) is 0.667. The van der Waals surface area contributed by atoms with Gasteiger partial charge in [-0.1, -0.05) is 6.92 Å². The third kappa shape index (κ3) is 5.59. The summed E-state index contributed by atoms with van der Waals surface area (Å²) >= 11 is 0. The second-order valence-corrected chi connectivity index (χ2v) is 7.79. The van der Waals surface area contributed by atoms with Gasteiger partial charge in [-0.3, -0.25) is 4.99 Å². The van der Waals surface area contributed by atoms with Gasteiger partial charge in [0.25, 0.3) is 0 Å². The molecule has 8 nitrogen and oxygen atoms in total. The number of aromatic nitrogens is 3. The number of ether oxygens (including phenoxy) is 1. The van der Waals surface area contributed by atoms with Crippen LogP contribution in [0.5, 0.6) is 0 Å². The Bertz CT molecular complexity index is 779. The van der Waals surface area contributed by atoms with E-state index in [-0.39, 0.29) is 12.1 Å². The minimum atomic E-state index is 0.229. The van der Waals surface area contributed by atoms with Gasteiger partial charge < -0.3 is 19.8 Å². The minimum Gasteiger partial charge on any atom is -0.469 e. The van der Waals surface area contributed by atoms with Crippen LogP contribution in [0.25, 0.3) is 0 Å². The highest BCUT2D eigenvalue weighted by atomic mass is 16.5. The summed E-state index contributed by atoms with van der Waals surface area (Å²) in [6.07, 6.45) is 9.09. The average molecular weight is 401 g/mol. The fourth-order valence-corrected chi connectivity index (χ4v) is 3.88. The molecule has 0 spiro atoms. The molecule has 2 aliphatic rings. The van der Waals surface area contributed by atoms with E-state index in [4.69, 9.17) is 14.1 Å². The van der Waals surface area contributed by atoms with Gasteiger partial charge in [0.2, 0.25) is 0 Å². The smallest absolute Gasteiger partial charge is 0.191 e. The molecule has 1 saturated heterocycles. The van der Waals surface area contributed by atoms with E-state index in [9.17, 15) is 0 Å². The zero-order valence-electron chi connectivity index (χ0n) is 17.3. The summed E-state index contributed by atoms with van der Waals surface area (Å²) in [5.74, 6) is 3.85. The molecule has 0 bridgehead atoms. The van der Waals surface area contributed by atoms with E-state index in [0.717, 1.165) is 81.6 Å². The Labute approximate surface area is 172 Å². The molecule has 0 aromatic carbocycles. The first-order valence-electron chi connectivity index (χ1n) is 10.9. The Morgan fingerprint density at radius 3 is 3.10 bits per heavy atom. The number of fused-ring (bicyclic) bond motifs is 1. The largest absolute Gasteiger partial charge is 0.469 e. The van der Waals surface area contributed by atoms with Crippen LogP contribution in [0.15, 0.2) is 27.8 Å². The number of rotatable bonds is 7. The van der Waals surface area contributed by atoms with Gasteiger partial charge in [-0.05, 0) is 37.8 Å². The van der Waals surface area contributed by atoms with Crippen molar-refractivity contribution in [2.75, 3.05) is 19.7 Å². The maximum atomic E-state index is 5.84. The van der Waals surface area contributed by atoms with Gasteiger partial charge >= 0.3 is 0 Å². The van der Waals surface area contributed by atoms with E-state index in [2.05, 4.69) is 27.6 Å². The second-order valence-electron chi connectivity index (χ2n) is 7.79. The number of hydrogen-bond acceptors (Lipinski definition) is 5. The van der Waals surface area contributed by atoms with Gasteiger partial charge in [-0.15, -0.1) is 0 Å². The van der Waals surface area contributed by atoms with Crippen LogP contribution >= 0.6 is 0 Å². The molecule has 4 heterocycles. The molecule has 0 aliphatic carbocycles. The summed E-state index contributed by atoms with van der Waals surface area (Å²) in [7, 11) is 0. The Morgan fingerprint density at radius 1 is 1.34 bits per heavy atom. The Kier molecular flexibility index (Phi) is 6.82. The predicted octanol–water partition coefficient (Wildman–Crippen LogP) is 2.10. The van der Waals surface area contributed by atoms with Gasteiger partial charge in [0.05, 0.1) is 25.5 Å². The zero-order chi connectivity index (χ0) is 19.9. The first kappa shape index (κ1) is 19.9. The Balaban J connectivity index is 1.35. The summed E-state index contributed by atoms with van der Waals surface area (Å²) in [6.45, 7) is 5.23. The number of aliphatic imine (C=N–C) groups is 1. The third-order valence-corrected chi connectivity index (χ3v) is 5.53. The quantitative estimate of drug-likeness (QED) is 0.546. The minimum absolute atomic E-state index is 0.229. The molecule has 2 unspecified atom stereocenters. The van der Waals surface area contributed by atoms with Crippen LogP contribution in [0.4, 0.5) is 0 Å². The average Bonchev–Trinajstić information content (AvgIpc) is 3.41. The van der Waals surface area contributed by atoms with E-state index in [0.29, 0.717) is 6.54 Å². The third-order valence-electron chi connectivity index (χ3n) is 5.53. The molecule has 2 atom stereocenters. The van der Waals surface area contributed by atoms with Crippen molar-refractivity contribution in [3.05, 3.63) is 35.8 Å². The molecule has 2 aromatic rings. The van der Waals surface area contributed by atoms with Crippen molar-refractivity contribution in [1.82, 2.24) is 25.4 Å². The lowest BCUT2D eigenvalue weighted by Gasteiger charge is -2.26. The highest BCUT2D eigenvalue weighted by Crippen LogP contribution is 2.14. The number of nitrogens with one attached hydrogen (secondary N) is 2. The van der Waals surface area contributed by atoms with Crippen LogP contribution in [0, 0.1) is 0 Å². The Morgan fingerprint density at radius 2 is 2.31 bits per heavy atom. The lowest BCUT2D eigenvalue weighted by atomic mass is 10.1. The SMILES string of the molecule is CCc1nc2n(n1)CC(NC(=NCC1CCCCO1)NCCc1ccco1)CC2. The highest BCUT2D eigenvalue weighted by molar-refractivity contribution is 5.80. The number of furan rings is 1. The van der Waals surface area contributed by atoms with Crippen LogP contribution in [0.2, 0.25) is 0 Å². The van der Waals surface area contributed by atoms with E-state index >= 15 is 0 Å². The standard InChI is InChI=1S/C21H32N6O2/c1-2-19-25-20-9-8-16(15-27(20)26-19)24-21(22-11-10-17-7-5-13-28-17)23-14-18-6-3-4-12-29-18/h5,7,13,16,18H,2-4,6,8-12,14-15H2,1H3,(H2,22,23,24). The summed E-state index contributed by atoms with van der Waals surface area (Å²) in [6, 6.07) is 4.21. The zero-order valence-corrected chi connectivity index (χ0v) is 17.3. The monoisotopic (exact) mass is 400 g/mol. The lowest BCUT2D eigenvalue weighted by Crippen LogP contribution is -2.48. The molecule has 8 heteroatoms. The van der Waals surface area contributed by atoms with Gasteiger partial charge in [0, 0.05) is 38.5 Å². The first-order valence-corrected chi connectivity index (χ1v) is 10.9. The number of nitrogens with zero attached hydrogens (tertiary/aromatic N) is 4. The maximum Gasteiger partial charge on any atom is 0.191 e. The number of hydrogen-bond donors (Lipinski definition) is 2. The molecule has 0 radical (unpaired) electrons. The summed E-state index contributed by atoms with van der Waals surface area (Å²) < 4.78 is 13.3. The topological polar surface area (TPSA) is 89.5 Å².